The van der Waals surface area contributed by atoms with Gasteiger partial charge in [-0.1, -0.05) is 25.4 Å². The molecule has 0 bridgehead atoms. The normalized spacial score (nSPS) is 19.9. The first kappa shape index (κ1) is 15.7. The van der Waals surface area contributed by atoms with Crippen LogP contribution in [0, 0.1) is 11.7 Å². The van der Waals surface area contributed by atoms with Gasteiger partial charge >= 0.3 is 0 Å². The Bertz CT molecular complexity index is 436. The number of halogens is 2. The highest BCUT2D eigenvalue weighted by molar-refractivity contribution is 6.30. The fourth-order valence-electron chi connectivity index (χ4n) is 2.76. The lowest BCUT2D eigenvalue weighted by Gasteiger charge is -2.25. The number of nitrogens with zero attached hydrogens (tertiary/aromatic N) is 1. The summed E-state index contributed by atoms with van der Waals surface area (Å²) >= 11 is 5.96. The van der Waals surface area contributed by atoms with Crippen LogP contribution >= 0.6 is 11.6 Å². The van der Waals surface area contributed by atoms with Crippen molar-refractivity contribution in [3.8, 4) is 0 Å². The Morgan fingerprint density at radius 1 is 1.45 bits per heavy atom. The molecule has 1 unspecified atom stereocenters. The highest BCUT2D eigenvalue weighted by Gasteiger charge is 2.24. The summed E-state index contributed by atoms with van der Waals surface area (Å²) < 4.78 is 13.8. The van der Waals surface area contributed by atoms with Gasteiger partial charge in [0.15, 0.2) is 0 Å². The molecule has 2 nitrogen and oxygen atoms in total. The summed E-state index contributed by atoms with van der Waals surface area (Å²) in [4.78, 5) is 2.36. The first-order valence-electron chi connectivity index (χ1n) is 7.45. The minimum Gasteiger partial charge on any atom is -0.315 e. The molecule has 1 saturated heterocycles. The number of nitrogens with one attached hydrogen (secondary N) is 1. The van der Waals surface area contributed by atoms with Crippen molar-refractivity contribution in [1.29, 1.82) is 0 Å². The van der Waals surface area contributed by atoms with Crippen molar-refractivity contribution < 1.29 is 4.39 Å². The molecule has 1 aliphatic heterocycles. The van der Waals surface area contributed by atoms with Gasteiger partial charge in [0, 0.05) is 29.7 Å². The summed E-state index contributed by atoms with van der Waals surface area (Å²) in [7, 11) is 0. The molecule has 0 saturated carbocycles. The van der Waals surface area contributed by atoms with Crippen molar-refractivity contribution in [3.05, 3.63) is 34.6 Å². The third kappa shape index (κ3) is 4.44. The number of benzene rings is 1. The van der Waals surface area contributed by atoms with E-state index in [2.05, 4.69) is 24.1 Å². The Balaban J connectivity index is 1.92. The van der Waals surface area contributed by atoms with E-state index < -0.39 is 0 Å². The molecule has 0 aliphatic carbocycles. The monoisotopic (exact) mass is 298 g/mol. The largest absolute Gasteiger partial charge is 0.315 e. The van der Waals surface area contributed by atoms with E-state index in [1.807, 2.05) is 0 Å². The topological polar surface area (TPSA) is 15.3 Å². The summed E-state index contributed by atoms with van der Waals surface area (Å²) in [6.07, 6.45) is 2.38. The van der Waals surface area contributed by atoms with Gasteiger partial charge in [0.2, 0.25) is 0 Å². The molecule has 0 radical (unpaired) electrons. The molecule has 1 atom stereocenters. The van der Waals surface area contributed by atoms with Gasteiger partial charge in [-0.05, 0) is 50.0 Å². The lowest BCUT2D eigenvalue weighted by Crippen LogP contribution is -2.38. The van der Waals surface area contributed by atoms with Crippen molar-refractivity contribution in [2.45, 2.75) is 39.3 Å². The predicted molar refractivity (Wildman–Crippen MR) is 82.5 cm³/mol. The molecule has 1 fully saturated rings. The lowest BCUT2D eigenvalue weighted by molar-refractivity contribution is 0.234. The average molecular weight is 299 g/mol. The second-order valence-corrected chi connectivity index (χ2v) is 6.49. The molecule has 0 aromatic heterocycles. The molecule has 2 rings (SSSR count). The zero-order valence-corrected chi connectivity index (χ0v) is 13.1. The maximum Gasteiger partial charge on any atom is 0.127 e. The van der Waals surface area contributed by atoms with Gasteiger partial charge in [-0.3, -0.25) is 4.90 Å². The van der Waals surface area contributed by atoms with E-state index in [4.69, 9.17) is 11.6 Å². The molecule has 1 aliphatic rings. The quantitative estimate of drug-likeness (QED) is 0.862. The standard InChI is InChI=1S/C16H24ClFN2/c1-12(2)9-19-10-15-4-3-7-20(15)11-13-8-14(17)5-6-16(13)18/h5-6,8,12,15,19H,3-4,7,9-11H2,1-2H3. The molecule has 112 valence electrons. The molecular formula is C16H24ClFN2. The van der Waals surface area contributed by atoms with Gasteiger partial charge < -0.3 is 5.32 Å². The van der Waals surface area contributed by atoms with Crippen LogP contribution in [0.25, 0.3) is 0 Å². The first-order chi connectivity index (χ1) is 9.56. The van der Waals surface area contributed by atoms with Crippen molar-refractivity contribution in [3.63, 3.8) is 0 Å². The van der Waals surface area contributed by atoms with Gasteiger partial charge in [0.1, 0.15) is 5.82 Å². The summed E-state index contributed by atoms with van der Waals surface area (Å²) in [5, 5.41) is 4.11. The maximum absolute atomic E-state index is 13.8. The molecule has 0 spiro atoms. The van der Waals surface area contributed by atoms with E-state index in [0.29, 0.717) is 29.1 Å². The van der Waals surface area contributed by atoms with Crippen LogP contribution in [0.2, 0.25) is 5.02 Å². The maximum atomic E-state index is 13.8. The van der Waals surface area contributed by atoms with Crippen LogP contribution in [-0.2, 0) is 6.54 Å². The van der Waals surface area contributed by atoms with Gasteiger partial charge in [0.25, 0.3) is 0 Å². The highest BCUT2D eigenvalue weighted by Crippen LogP contribution is 2.22. The number of hydrogen-bond acceptors (Lipinski definition) is 2. The van der Waals surface area contributed by atoms with Crippen LogP contribution in [0.3, 0.4) is 0 Å². The number of likely N-dealkylation sites (tertiary alicyclic amines) is 1. The lowest BCUT2D eigenvalue weighted by atomic mass is 10.1. The summed E-state index contributed by atoms with van der Waals surface area (Å²) in [6, 6.07) is 5.31. The van der Waals surface area contributed by atoms with Crippen LogP contribution in [0.1, 0.15) is 32.3 Å². The summed E-state index contributed by atoms with van der Waals surface area (Å²) in [5.74, 6) is 0.505. The zero-order valence-electron chi connectivity index (χ0n) is 12.3. The predicted octanol–water partition coefficient (Wildman–Crippen LogP) is 3.69. The van der Waals surface area contributed by atoms with Gasteiger partial charge in [0.05, 0.1) is 0 Å². The van der Waals surface area contributed by atoms with Crippen molar-refractivity contribution in [2.24, 2.45) is 5.92 Å². The van der Waals surface area contributed by atoms with E-state index >= 15 is 0 Å². The van der Waals surface area contributed by atoms with E-state index in [9.17, 15) is 4.39 Å². The SMILES string of the molecule is CC(C)CNCC1CCCN1Cc1cc(Cl)ccc1F. The van der Waals surface area contributed by atoms with Crippen molar-refractivity contribution in [1.82, 2.24) is 10.2 Å². The van der Waals surface area contributed by atoms with Gasteiger partial charge in [-0.25, -0.2) is 4.39 Å². The Morgan fingerprint density at radius 2 is 2.25 bits per heavy atom. The molecular weight excluding hydrogens is 275 g/mol. The molecule has 0 amide bonds. The van der Waals surface area contributed by atoms with E-state index in [0.717, 1.165) is 19.6 Å². The number of hydrogen-bond donors (Lipinski definition) is 1. The average Bonchev–Trinajstić information content (AvgIpc) is 2.81. The first-order valence-corrected chi connectivity index (χ1v) is 7.82. The van der Waals surface area contributed by atoms with E-state index in [1.165, 1.54) is 18.9 Å². The van der Waals surface area contributed by atoms with Crippen molar-refractivity contribution >= 4 is 11.6 Å². The molecule has 4 heteroatoms. The molecule has 1 heterocycles. The van der Waals surface area contributed by atoms with Crippen molar-refractivity contribution in [2.75, 3.05) is 19.6 Å². The second-order valence-electron chi connectivity index (χ2n) is 6.05. The van der Waals surface area contributed by atoms with Crippen LogP contribution < -0.4 is 5.32 Å². The number of rotatable bonds is 6. The molecule has 1 aromatic carbocycles. The summed E-state index contributed by atoms with van der Waals surface area (Å²) in [5.41, 5.74) is 0.702. The van der Waals surface area contributed by atoms with E-state index in [1.54, 1.807) is 12.1 Å². The minimum atomic E-state index is -0.157. The van der Waals surface area contributed by atoms with E-state index in [-0.39, 0.29) is 5.82 Å². The van der Waals surface area contributed by atoms with Gasteiger partial charge in [-0.2, -0.15) is 0 Å². The fourth-order valence-corrected chi connectivity index (χ4v) is 2.95. The molecule has 1 N–H and O–H groups in total. The Morgan fingerprint density at radius 3 is 3.00 bits per heavy atom. The highest BCUT2D eigenvalue weighted by atomic mass is 35.5. The molecule has 20 heavy (non-hydrogen) atoms. The third-order valence-electron chi connectivity index (χ3n) is 3.81. The van der Waals surface area contributed by atoms with Crippen LogP contribution in [0.15, 0.2) is 18.2 Å². The third-order valence-corrected chi connectivity index (χ3v) is 4.05. The Hall–Kier alpha value is -0.640. The Kier molecular flexibility index (Phi) is 5.82. The summed E-state index contributed by atoms with van der Waals surface area (Å²) in [6.45, 7) is 8.14. The smallest absolute Gasteiger partial charge is 0.127 e. The van der Waals surface area contributed by atoms with Crippen LogP contribution in [-0.4, -0.2) is 30.6 Å². The second kappa shape index (κ2) is 7.39. The molecule has 1 aromatic rings. The van der Waals surface area contributed by atoms with Crippen LogP contribution in [0.5, 0.6) is 0 Å². The van der Waals surface area contributed by atoms with Gasteiger partial charge in [-0.15, -0.1) is 0 Å². The Labute approximate surface area is 126 Å². The van der Waals surface area contributed by atoms with Crippen LogP contribution in [0.4, 0.5) is 4.39 Å². The minimum absolute atomic E-state index is 0.157. The zero-order chi connectivity index (χ0) is 14.5. The fraction of sp³-hybridized carbons (Fsp3) is 0.625.